The van der Waals surface area contributed by atoms with Gasteiger partial charge in [0.1, 0.15) is 0 Å². The minimum Gasteiger partial charge on any atom is -0.478 e. The zero-order chi connectivity index (χ0) is 28.4. The summed E-state index contributed by atoms with van der Waals surface area (Å²) in [6.07, 6.45) is 0. The van der Waals surface area contributed by atoms with Crippen LogP contribution in [0, 0.1) is 6.92 Å². The van der Waals surface area contributed by atoms with E-state index in [9.17, 15) is 14.7 Å². The molecule has 6 heteroatoms. The van der Waals surface area contributed by atoms with Crippen LogP contribution >= 0.6 is 0 Å². The van der Waals surface area contributed by atoms with Crippen LogP contribution in [0.3, 0.4) is 0 Å². The van der Waals surface area contributed by atoms with Crippen molar-refractivity contribution in [2.45, 2.75) is 46.2 Å². The third-order valence-electron chi connectivity index (χ3n) is 7.38. The average Bonchev–Trinajstić information content (AvgIpc) is 3.27. The highest BCUT2D eigenvalue weighted by molar-refractivity contribution is 5.99. The molecule has 5 aromatic rings. The Bertz CT molecular complexity index is 1700. The molecule has 0 unspecified atom stereocenters. The van der Waals surface area contributed by atoms with Crippen molar-refractivity contribution in [1.82, 2.24) is 15.1 Å². The van der Waals surface area contributed by atoms with E-state index in [1.807, 2.05) is 85.3 Å². The van der Waals surface area contributed by atoms with E-state index in [1.165, 1.54) is 5.56 Å². The summed E-state index contributed by atoms with van der Waals surface area (Å²) in [5, 5.41) is 18.3. The Kier molecular flexibility index (Phi) is 7.52. The molecule has 0 aliphatic carbocycles. The molecule has 2 N–H and O–H groups in total. The van der Waals surface area contributed by atoms with E-state index in [1.54, 1.807) is 12.1 Å². The number of amides is 1. The molecule has 1 amide bonds. The van der Waals surface area contributed by atoms with Crippen LogP contribution < -0.4 is 5.32 Å². The second-order valence-corrected chi connectivity index (χ2v) is 10.5. The lowest BCUT2D eigenvalue weighted by atomic mass is 9.98. The number of hydrogen-bond acceptors (Lipinski definition) is 3. The number of rotatable bonds is 8. The first kappa shape index (κ1) is 26.9. The average molecular weight is 532 g/mol. The van der Waals surface area contributed by atoms with Crippen molar-refractivity contribution < 1.29 is 14.7 Å². The zero-order valence-corrected chi connectivity index (χ0v) is 23.2. The summed E-state index contributed by atoms with van der Waals surface area (Å²) in [6.45, 7) is 8.84. The lowest BCUT2D eigenvalue weighted by Gasteiger charge is -2.16. The number of aromatic nitrogens is 2. The largest absolute Gasteiger partial charge is 0.478 e. The lowest BCUT2D eigenvalue weighted by molar-refractivity contribution is 0.0697. The highest BCUT2D eigenvalue weighted by Crippen LogP contribution is 2.26. The van der Waals surface area contributed by atoms with Gasteiger partial charge < -0.3 is 10.4 Å². The summed E-state index contributed by atoms with van der Waals surface area (Å²) in [7, 11) is 0. The van der Waals surface area contributed by atoms with E-state index in [0.29, 0.717) is 23.6 Å². The first-order valence-electron chi connectivity index (χ1n) is 13.5. The molecule has 0 bridgehead atoms. The highest BCUT2D eigenvalue weighted by Gasteiger charge is 2.16. The van der Waals surface area contributed by atoms with Gasteiger partial charge in [0.25, 0.3) is 5.91 Å². The maximum Gasteiger partial charge on any atom is 0.336 e. The van der Waals surface area contributed by atoms with Crippen molar-refractivity contribution >= 4 is 22.8 Å². The molecular formula is C34H33N3O3. The molecule has 0 aliphatic rings. The van der Waals surface area contributed by atoms with Crippen LogP contribution in [0.2, 0.25) is 0 Å². The molecule has 1 atom stereocenters. The fraction of sp³-hybridized carbons (Fsp3) is 0.206. The number of carboxylic acids is 1. The zero-order valence-electron chi connectivity index (χ0n) is 23.2. The number of hydrogen-bond donors (Lipinski definition) is 2. The molecule has 4 aromatic carbocycles. The molecule has 40 heavy (non-hydrogen) atoms. The van der Waals surface area contributed by atoms with Gasteiger partial charge in [0.05, 0.1) is 29.4 Å². The van der Waals surface area contributed by atoms with Crippen molar-refractivity contribution in [3.05, 3.63) is 125 Å². The van der Waals surface area contributed by atoms with Crippen LogP contribution in [0.25, 0.3) is 22.0 Å². The van der Waals surface area contributed by atoms with E-state index in [-0.39, 0.29) is 17.5 Å². The first-order valence-corrected chi connectivity index (χ1v) is 13.5. The summed E-state index contributed by atoms with van der Waals surface area (Å²) in [4.78, 5) is 24.8. The van der Waals surface area contributed by atoms with E-state index in [2.05, 4.69) is 31.3 Å². The topological polar surface area (TPSA) is 84.2 Å². The maximum atomic E-state index is 13.1. The van der Waals surface area contributed by atoms with Crippen molar-refractivity contribution in [3.8, 4) is 11.1 Å². The van der Waals surface area contributed by atoms with Gasteiger partial charge in [-0.25, -0.2) is 4.79 Å². The molecule has 0 saturated heterocycles. The van der Waals surface area contributed by atoms with Crippen LogP contribution in [0.15, 0.2) is 91.0 Å². The van der Waals surface area contributed by atoms with E-state index in [0.717, 1.165) is 33.3 Å². The van der Waals surface area contributed by atoms with Crippen LogP contribution in [0.4, 0.5) is 0 Å². The molecule has 0 aliphatic heterocycles. The second-order valence-electron chi connectivity index (χ2n) is 10.5. The number of carbonyl (C=O) groups excluding carboxylic acids is 1. The Morgan fingerprint density at radius 3 is 2.33 bits per heavy atom. The summed E-state index contributed by atoms with van der Waals surface area (Å²) < 4.78 is 1.94. The van der Waals surface area contributed by atoms with Gasteiger partial charge in [-0.1, -0.05) is 80.6 Å². The van der Waals surface area contributed by atoms with Gasteiger partial charge in [-0.05, 0) is 71.8 Å². The fourth-order valence-electron chi connectivity index (χ4n) is 5.04. The van der Waals surface area contributed by atoms with Crippen molar-refractivity contribution in [1.29, 1.82) is 0 Å². The number of benzene rings is 4. The Morgan fingerprint density at radius 1 is 0.875 bits per heavy atom. The number of carbonyl (C=O) groups is 2. The molecule has 0 fully saturated rings. The summed E-state index contributed by atoms with van der Waals surface area (Å²) in [6, 6.07) is 28.8. The molecule has 0 saturated carbocycles. The SMILES string of the molecule is Cc1nn(Cc2ccc(-c3ccccc3C(=O)O)cc2)c2ccc(C(=O)N[C@@H](C)c3cccc(C(C)C)c3)cc12. The van der Waals surface area contributed by atoms with Gasteiger partial charge in [0, 0.05) is 10.9 Å². The predicted molar refractivity (Wildman–Crippen MR) is 159 cm³/mol. The number of carboxylic acid groups (broad SMARTS) is 1. The van der Waals surface area contributed by atoms with E-state index in [4.69, 9.17) is 5.10 Å². The second kappa shape index (κ2) is 11.2. The Labute approximate surface area is 234 Å². The van der Waals surface area contributed by atoms with Crippen molar-refractivity contribution in [2.24, 2.45) is 0 Å². The van der Waals surface area contributed by atoms with Gasteiger partial charge in [0.2, 0.25) is 0 Å². The smallest absolute Gasteiger partial charge is 0.336 e. The van der Waals surface area contributed by atoms with Crippen molar-refractivity contribution in [2.75, 3.05) is 0 Å². The van der Waals surface area contributed by atoms with Gasteiger partial charge in [-0.15, -0.1) is 0 Å². The number of nitrogens with one attached hydrogen (secondary N) is 1. The third kappa shape index (κ3) is 5.52. The molecule has 0 spiro atoms. The number of aryl methyl sites for hydroxylation is 1. The predicted octanol–water partition coefficient (Wildman–Crippen LogP) is 7.37. The minimum absolute atomic E-state index is 0.115. The molecular weight excluding hydrogens is 498 g/mol. The fourth-order valence-corrected chi connectivity index (χ4v) is 5.04. The highest BCUT2D eigenvalue weighted by atomic mass is 16.4. The molecule has 202 valence electrons. The lowest BCUT2D eigenvalue weighted by Crippen LogP contribution is -2.26. The Morgan fingerprint density at radius 2 is 1.60 bits per heavy atom. The number of fused-ring (bicyclic) bond motifs is 1. The van der Waals surface area contributed by atoms with E-state index >= 15 is 0 Å². The molecule has 5 rings (SSSR count). The van der Waals surface area contributed by atoms with Gasteiger partial charge in [-0.2, -0.15) is 5.10 Å². The molecule has 6 nitrogen and oxygen atoms in total. The van der Waals surface area contributed by atoms with Gasteiger partial charge in [-0.3, -0.25) is 9.48 Å². The van der Waals surface area contributed by atoms with E-state index < -0.39 is 5.97 Å². The molecule has 1 heterocycles. The Hall–Kier alpha value is -4.71. The monoisotopic (exact) mass is 531 g/mol. The quantitative estimate of drug-likeness (QED) is 0.219. The molecule has 0 radical (unpaired) electrons. The normalized spacial score (nSPS) is 12.0. The van der Waals surface area contributed by atoms with Crippen LogP contribution in [0.1, 0.15) is 75.8 Å². The summed E-state index contributed by atoms with van der Waals surface area (Å²) in [5.74, 6) is -0.633. The van der Waals surface area contributed by atoms with Gasteiger partial charge >= 0.3 is 5.97 Å². The third-order valence-corrected chi connectivity index (χ3v) is 7.38. The molecule has 1 aromatic heterocycles. The standard InChI is InChI=1S/C34H33N3O3/c1-21(2)26-8-7-9-27(18-26)22(3)35-33(38)28-16-17-32-31(19-28)23(4)36-37(32)20-24-12-14-25(15-13-24)29-10-5-6-11-30(29)34(39)40/h5-19,21-22H,20H2,1-4H3,(H,35,38)(H,39,40)/t22-/m0/s1. The number of aromatic carboxylic acids is 1. The summed E-state index contributed by atoms with van der Waals surface area (Å²) >= 11 is 0. The first-order chi connectivity index (χ1) is 19.2. The van der Waals surface area contributed by atoms with Crippen LogP contribution in [-0.2, 0) is 6.54 Å². The van der Waals surface area contributed by atoms with Gasteiger partial charge in [0.15, 0.2) is 0 Å². The van der Waals surface area contributed by atoms with Crippen molar-refractivity contribution in [3.63, 3.8) is 0 Å². The van der Waals surface area contributed by atoms with Crippen LogP contribution in [-0.4, -0.2) is 26.8 Å². The number of nitrogens with zero attached hydrogens (tertiary/aromatic N) is 2. The minimum atomic E-state index is -0.944. The van der Waals surface area contributed by atoms with Crippen LogP contribution in [0.5, 0.6) is 0 Å². The maximum absolute atomic E-state index is 13.1. The summed E-state index contributed by atoms with van der Waals surface area (Å²) in [5.41, 5.74) is 7.61. The Balaban J connectivity index is 1.33.